The van der Waals surface area contributed by atoms with Crippen molar-refractivity contribution in [3.63, 3.8) is 0 Å². The van der Waals surface area contributed by atoms with Crippen molar-refractivity contribution in [2.45, 2.75) is 25.7 Å². The molecule has 0 aliphatic carbocycles. The summed E-state index contributed by atoms with van der Waals surface area (Å²) < 4.78 is 0. The molecule has 0 radical (unpaired) electrons. The van der Waals surface area contributed by atoms with Gasteiger partial charge in [0.25, 0.3) is 0 Å². The van der Waals surface area contributed by atoms with Gasteiger partial charge in [0.05, 0.1) is 5.69 Å². The minimum atomic E-state index is 0.262. The Kier molecular flexibility index (Phi) is 1.81. The van der Waals surface area contributed by atoms with Gasteiger partial charge in [-0.1, -0.05) is 0 Å². The summed E-state index contributed by atoms with van der Waals surface area (Å²) in [5, 5.41) is 19.6. The number of benzene rings is 1. The van der Waals surface area contributed by atoms with Crippen molar-refractivity contribution < 1.29 is 10.2 Å². The van der Waals surface area contributed by atoms with E-state index in [1.807, 2.05) is 0 Å². The molecule has 2 aliphatic heterocycles. The van der Waals surface area contributed by atoms with Crippen LogP contribution in [0.3, 0.4) is 0 Å². The summed E-state index contributed by atoms with van der Waals surface area (Å²) in [7, 11) is 0. The highest BCUT2D eigenvalue weighted by Crippen LogP contribution is 2.44. The molecule has 0 atom stereocenters. The maximum absolute atomic E-state index is 9.81. The molecule has 1 aromatic rings. The third-order valence-electron chi connectivity index (χ3n) is 3.49. The fourth-order valence-electron chi connectivity index (χ4n) is 2.83. The van der Waals surface area contributed by atoms with Crippen molar-refractivity contribution in [1.29, 1.82) is 0 Å². The van der Waals surface area contributed by atoms with Gasteiger partial charge in [-0.15, -0.1) is 0 Å². The molecule has 1 aromatic carbocycles. The number of rotatable bonds is 0. The maximum Gasteiger partial charge on any atom is 0.124 e. The smallest absolute Gasteiger partial charge is 0.124 e. The van der Waals surface area contributed by atoms with Gasteiger partial charge < -0.3 is 15.1 Å². The van der Waals surface area contributed by atoms with Crippen LogP contribution in [-0.2, 0) is 12.8 Å². The quantitative estimate of drug-likeness (QED) is 0.678. The van der Waals surface area contributed by atoms with Crippen LogP contribution in [0.15, 0.2) is 6.07 Å². The van der Waals surface area contributed by atoms with E-state index in [1.165, 1.54) is 6.07 Å². The zero-order chi connectivity index (χ0) is 10.4. The van der Waals surface area contributed by atoms with Gasteiger partial charge in [0, 0.05) is 30.3 Å². The maximum atomic E-state index is 9.81. The standard InChI is InChI=1S/C12H15NO2/c14-10-7-11(15)9-4-2-6-13-5-1-3-8(10)12(9)13/h7,14-15H,1-6H2. The Morgan fingerprint density at radius 3 is 2.00 bits per heavy atom. The first-order valence-corrected chi connectivity index (χ1v) is 5.59. The molecule has 0 bridgehead atoms. The van der Waals surface area contributed by atoms with Crippen molar-refractivity contribution >= 4 is 5.69 Å². The molecule has 2 N–H and O–H groups in total. The second-order valence-electron chi connectivity index (χ2n) is 4.41. The van der Waals surface area contributed by atoms with Gasteiger partial charge in [-0.2, -0.15) is 0 Å². The highest BCUT2D eigenvalue weighted by Gasteiger charge is 2.27. The largest absolute Gasteiger partial charge is 0.507 e. The highest BCUT2D eigenvalue weighted by molar-refractivity contribution is 5.70. The van der Waals surface area contributed by atoms with Crippen LogP contribution < -0.4 is 4.90 Å². The van der Waals surface area contributed by atoms with Gasteiger partial charge in [-0.25, -0.2) is 0 Å². The monoisotopic (exact) mass is 205 g/mol. The molecule has 3 heteroatoms. The Hall–Kier alpha value is -1.38. The van der Waals surface area contributed by atoms with Crippen LogP contribution in [0.5, 0.6) is 11.5 Å². The van der Waals surface area contributed by atoms with E-state index in [-0.39, 0.29) is 11.5 Å². The van der Waals surface area contributed by atoms with Crippen molar-refractivity contribution in [3.05, 3.63) is 17.2 Å². The molecule has 0 saturated heterocycles. The van der Waals surface area contributed by atoms with Gasteiger partial charge in [0.15, 0.2) is 0 Å². The third-order valence-corrected chi connectivity index (χ3v) is 3.49. The van der Waals surface area contributed by atoms with Crippen LogP contribution in [0, 0.1) is 0 Å². The van der Waals surface area contributed by atoms with Crippen LogP contribution in [-0.4, -0.2) is 23.3 Å². The van der Waals surface area contributed by atoms with E-state index in [0.717, 1.165) is 55.6 Å². The normalized spacial score (nSPS) is 18.8. The topological polar surface area (TPSA) is 43.7 Å². The van der Waals surface area contributed by atoms with Crippen LogP contribution in [0.1, 0.15) is 24.0 Å². The van der Waals surface area contributed by atoms with E-state index in [9.17, 15) is 10.2 Å². The number of hydrogen-bond donors (Lipinski definition) is 2. The van der Waals surface area contributed by atoms with E-state index in [2.05, 4.69) is 4.90 Å². The van der Waals surface area contributed by atoms with E-state index >= 15 is 0 Å². The average Bonchev–Trinajstić information content (AvgIpc) is 2.25. The number of anilines is 1. The van der Waals surface area contributed by atoms with Crippen LogP contribution in [0.4, 0.5) is 5.69 Å². The predicted octanol–water partition coefficient (Wildman–Crippen LogP) is 1.80. The lowest BCUT2D eigenvalue weighted by atomic mass is 9.91. The molecule has 0 saturated carbocycles. The summed E-state index contributed by atoms with van der Waals surface area (Å²) in [4.78, 5) is 2.30. The zero-order valence-corrected chi connectivity index (χ0v) is 8.66. The molecule has 15 heavy (non-hydrogen) atoms. The lowest BCUT2D eigenvalue weighted by molar-refractivity contribution is 0.434. The number of phenols is 2. The van der Waals surface area contributed by atoms with Crippen LogP contribution >= 0.6 is 0 Å². The Labute approximate surface area is 89.0 Å². The van der Waals surface area contributed by atoms with E-state index in [4.69, 9.17) is 0 Å². The van der Waals surface area contributed by atoms with Crippen molar-refractivity contribution in [2.75, 3.05) is 18.0 Å². The van der Waals surface area contributed by atoms with E-state index in [0.29, 0.717) is 0 Å². The third kappa shape index (κ3) is 1.19. The summed E-state index contributed by atoms with van der Waals surface area (Å²) in [6.45, 7) is 2.12. The Morgan fingerprint density at radius 2 is 1.47 bits per heavy atom. The van der Waals surface area contributed by atoms with Crippen molar-refractivity contribution in [2.24, 2.45) is 0 Å². The van der Waals surface area contributed by atoms with Crippen molar-refractivity contribution in [3.8, 4) is 11.5 Å². The molecular weight excluding hydrogens is 190 g/mol. The zero-order valence-electron chi connectivity index (χ0n) is 8.66. The number of nitrogens with zero attached hydrogens (tertiary/aromatic N) is 1. The number of phenolic OH excluding ortho intramolecular Hbond substituents is 2. The van der Waals surface area contributed by atoms with Crippen molar-refractivity contribution in [1.82, 2.24) is 0 Å². The molecule has 2 aliphatic rings. The molecule has 0 aromatic heterocycles. The number of hydrogen-bond acceptors (Lipinski definition) is 3. The molecule has 2 heterocycles. The average molecular weight is 205 g/mol. The fraction of sp³-hybridized carbons (Fsp3) is 0.500. The second kappa shape index (κ2) is 3.05. The fourth-order valence-corrected chi connectivity index (χ4v) is 2.83. The molecule has 0 fully saturated rings. The molecule has 80 valence electrons. The lowest BCUT2D eigenvalue weighted by Crippen LogP contribution is -2.34. The van der Waals surface area contributed by atoms with Gasteiger partial charge in [0.1, 0.15) is 11.5 Å². The summed E-state index contributed by atoms with van der Waals surface area (Å²) >= 11 is 0. The molecular formula is C12H15NO2. The summed E-state index contributed by atoms with van der Waals surface area (Å²) in [6.07, 6.45) is 4.07. The lowest BCUT2D eigenvalue weighted by Gasteiger charge is -2.37. The number of aromatic hydroxyl groups is 2. The molecule has 3 rings (SSSR count). The second-order valence-corrected chi connectivity index (χ2v) is 4.41. The van der Waals surface area contributed by atoms with Gasteiger partial charge in [-0.05, 0) is 25.7 Å². The van der Waals surface area contributed by atoms with Gasteiger partial charge in [0.2, 0.25) is 0 Å². The predicted molar refractivity (Wildman–Crippen MR) is 58.6 cm³/mol. The first-order valence-electron chi connectivity index (χ1n) is 5.59. The minimum Gasteiger partial charge on any atom is -0.507 e. The molecule has 3 nitrogen and oxygen atoms in total. The summed E-state index contributed by atoms with van der Waals surface area (Å²) in [6, 6.07) is 1.50. The van der Waals surface area contributed by atoms with E-state index < -0.39 is 0 Å². The first-order chi connectivity index (χ1) is 7.27. The SMILES string of the molecule is Oc1cc(O)c2c3c1CCCN3CCC2. The summed E-state index contributed by atoms with van der Waals surface area (Å²) in [5.74, 6) is 0.524. The molecule has 0 amide bonds. The molecule has 0 unspecified atom stereocenters. The Bertz CT molecular complexity index is 380. The minimum absolute atomic E-state index is 0.262. The van der Waals surface area contributed by atoms with Crippen LogP contribution in [0.25, 0.3) is 0 Å². The Morgan fingerprint density at radius 1 is 0.933 bits per heavy atom. The highest BCUT2D eigenvalue weighted by atomic mass is 16.3. The Balaban J connectivity index is 2.27. The van der Waals surface area contributed by atoms with Gasteiger partial charge in [-0.3, -0.25) is 0 Å². The summed E-state index contributed by atoms with van der Waals surface area (Å²) in [5.41, 5.74) is 3.19. The first kappa shape index (κ1) is 8.89. The van der Waals surface area contributed by atoms with Gasteiger partial charge >= 0.3 is 0 Å². The van der Waals surface area contributed by atoms with Crippen LogP contribution in [0.2, 0.25) is 0 Å². The molecule has 0 spiro atoms. The van der Waals surface area contributed by atoms with E-state index in [1.54, 1.807) is 0 Å².